The van der Waals surface area contributed by atoms with Crippen LogP contribution < -0.4 is 0 Å². The lowest BCUT2D eigenvalue weighted by Gasteiger charge is -2.05. The summed E-state index contributed by atoms with van der Waals surface area (Å²) in [6.07, 6.45) is 1.51. The van der Waals surface area contributed by atoms with E-state index in [1.54, 1.807) is 30.3 Å². The molecule has 116 valence electrons. The third-order valence-corrected chi connectivity index (χ3v) is 4.25. The number of halogens is 2. The van der Waals surface area contributed by atoms with Crippen LogP contribution in [0.15, 0.2) is 53.1 Å². The second-order valence-electron chi connectivity index (χ2n) is 4.89. The number of benzene rings is 2. The number of aromatic amines is 1. The van der Waals surface area contributed by atoms with Gasteiger partial charge in [0, 0.05) is 32.2 Å². The summed E-state index contributed by atoms with van der Waals surface area (Å²) >= 11 is 9.35. The fourth-order valence-corrected chi connectivity index (χ4v) is 2.77. The molecule has 0 atom stereocenters. The van der Waals surface area contributed by atoms with Gasteiger partial charge in [0.15, 0.2) is 0 Å². The summed E-state index contributed by atoms with van der Waals surface area (Å²) in [4.78, 5) is 27.3. The van der Waals surface area contributed by atoms with E-state index in [-0.39, 0.29) is 12.2 Å². The highest BCUT2D eigenvalue weighted by Crippen LogP contribution is 2.23. The zero-order valence-electron chi connectivity index (χ0n) is 11.8. The quantitative estimate of drug-likeness (QED) is 0.404. The van der Waals surface area contributed by atoms with Crippen LogP contribution in [0.25, 0.3) is 10.9 Å². The van der Waals surface area contributed by atoms with Crippen LogP contribution in [0.4, 0.5) is 0 Å². The highest BCUT2D eigenvalue weighted by Gasteiger charge is 2.22. The average Bonchev–Trinajstić information content (AvgIpc) is 2.96. The predicted octanol–water partition coefficient (Wildman–Crippen LogP) is 4.51. The number of carbonyl (C=O) groups excluding carboxylic acids is 2. The molecule has 4 nitrogen and oxygen atoms in total. The predicted molar refractivity (Wildman–Crippen MR) is 91.6 cm³/mol. The Morgan fingerprint density at radius 3 is 2.74 bits per heavy atom. The number of hydrogen-bond acceptors (Lipinski definition) is 3. The molecule has 0 radical (unpaired) electrons. The maximum atomic E-state index is 12.3. The first kappa shape index (κ1) is 15.8. The molecule has 1 heterocycles. The Kier molecular flexibility index (Phi) is 4.50. The van der Waals surface area contributed by atoms with Crippen molar-refractivity contribution in [2.75, 3.05) is 0 Å². The minimum atomic E-state index is -0.911. The molecular formula is C17H11BrClNO3. The van der Waals surface area contributed by atoms with Crippen LogP contribution in [-0.2, 0) is 16.1 Å². The number of aromatic nitrogens is 1. The van der Waals surface area contributed by atoms with Gasteiger partial charge in [-0.25, -0.2) is 4.79 Å². The van der Waals surface area contributed by atoms with Gasteiger partial charge in [0.25, 0.3) is 5.78 Å². The first-order valence-corrected chi connectivity index (χ1v) is 7.95. The van der Waals surface area contributed by atoms with E-state index in [0.29, 0.717) is 16.0 Å². The second kappa shape index (κ2) is 6.56. The Hall–Kier alpha value is -2.11. The van der Waals surface area contributed by atoms with Crippen molar-refractivity contribution in [3.05, 3.63) is 69.3 Å². The zero-order valence-corrected chi connectivity index (χ0v) is 14.1. The summed E-state index contributed by atoms with van der Waals surface area (Å²) in [6.45, 7) is -0.0453. The van der Waals surface area contributed by atoms with Crippen molar-refractivity contribution in [3.8, 4) is 0 Å². The van der Waals surface area contributed by atoms with Crippen LogP contribution in [-0.4, -0.2) is 16.7 Å². The van der Waals surface area contributed by atoms with Crippen molar-refractivity contribution in [3.63, 3.8) is 0 Å². The van der Waals surface area contributed by atoms with Crippen LogP contribution in [0.3, 0.4) is 0 Å². The van der Waals surface area contributed by atoms with E-state index < -0.39 is 11.8 Å². The first-order chi connectivity index (χ1) is 11.1. The topological polar surface area (TPSA) is 59.2 Å². The van der Waals surface area contributed by atoms with Crippen molar-refractivity contribution in [1.29, 1.82) is 0 Å². The Morgan fingerprint density at radius 2 is 1.96 bits per heavy atom. The summed E-state index contributed by atoms with van der Waals surface area (Å²) in [5.74, 6) is -1.60. The Labute approximate surface area is 145 Å². The number of Topliss-reactive ketones (excluding diaryl/α,β-unsaturated/α-hetero) is 1. The largest absolute Gasteiger partial charge is 0.455 e. The number of nitrogens with one attached hydrogen (secondary N) is 1. The third-order valence-electron chi connectivity index (χ3n) is 3.39. The molecule has 0 amide bonds. The molecule has 1 aromatic heterocycles. The van der Waals surface area contributed by atoms with Crippen molar-refractivity contribution < 1.29 is 14.3 Å². The number of carbonyl (C=O) groups is 2. The van der Waals surface area contributed by atoms with Gasteiger partial charge < -0.3 is 9.72 Å². The van der Waals surface area contributed by atoms with Gasteiger partial charge in [0.05, 0.1) is 5.56 Å². The molecule has 0 unspecified atom stereocenters. The lowest BCUT2D eigenvalue weighted by Crippen LogP contribution is -2.17. The van der Waals surface area contributed by atoms with Gasteiger partial charge in [-0.3, -0.25) is 4.79 Å². The molecular weight excluding hydrogens is 382 g/mol. The Bertz CT molecular complexity index is 904. The summed E-state index contributed by atoms with van der Waals surface area (Å²) in [5.41, 5.74) is 1.71. The first-order valence-electron chi connectivity index (χ1n) is 6.78. The van der Waals surface area contributed by atoms with E-state index in [1.807, 2.05) is 12.1 Å². The number of hydrogen-bond donors (Lipinski definition) is 1. The molecule has 0 aliphatic rings. The molecule has 3 aromatic rings. The number of H-pyrrole nitrogens is 1. The number of fused-ring (bicyclic) bond motifs is 1. The van der Waals surface area contributed by atoms with E-state index in [2.05, 4.69) is 20.9 Å². The summed E-state index contributed by atoms with van der Waals surface area (Å²) in [6, 6.07) is 12.5. The molecule has 0 saturated heterocycles. The van der Waals surface area contributed by atoms with Gasteiger partial charge in [0.1, 0.15) is 6.61 Å². The summed E-state index contributed by atoms with van der Waals surface area (Å²) in [5, 5.41) is 1.16. The van der Waals surface area contributed by atoms with Crippen LogP contribution in [0.5, 0.6) is 0 Å². The van der Waals surface area contributed by atoms with Crippen LogP contribution in [0, 0.1) is 0 Å². The minimum absolute atomic E-state index is 0.0453. The smallest absolute Gasteiger partial charge is 0.380 e. The van der Waals surface area contributed by atoms with Gasteiger partial charge in [-0.05, 0) is 24.3 Å². The van der Waals surface area contributed by atoms with E-state index in [0.717, 1.165) is 9.99 Å². The lowest BCUT2D eigenvalue weighted by atomic mass is 10.1. The van der Waals surface area contributed by atoms with Crippen LogP contribution >= 0.6 is 27.5 Å². The number of ether oxygens (including phenoxy) is 1. The van der Waals surface area contributed by atoms with Gasteiger partial charge in [0.2, 0.25) is 0 Å². The normalized spacial score (nSPS) is 10.7. The molecule has 1 N–H and O–H groups in total. The van der Waals surface area contributed by atoms with Crippen molar-refractivity contribution in [1.82, 2.24) is 4.98 Å². The van der Waals surface area contributed by atoms with Gasteiger partial charge in [-0.2, -0.15) is 0 Å². The molecule has 3 rings (SSSR count). The fraction of sp³-hybridized carbons (Fsp3) is 0.0588. The summed E-state index contributed by atoms with van der Waals surface area (Å²) in [7, 11) is 0. The fourth-order valence-electron chi connectivity index (χ4n) is 2.21. The monoisotopic (exact) mass is 391 g/mol. The van der Waals surface area contributed by atoms with E-state index in [1.165, 1.54) is 6.20 Å². The van der Waals surface area contributed by atoms with Crippen LogP contribution in [0.1, 0.15) is 15.9 Å². The molecule has 0 saturated carbocycles. The Morgan fingerprint density at radius 1 is 1.17 bits per heavy atom. The minimum Gasteiger partial charge on any atom is -0.455 e. The van der Waals surface area contributed by atoms with E-state index in [9.17, 15) is 9.59 Å². The molecule has 2 aromatic carbocycles. The third kappa shape index (κ3) is 3.30. The van der Waals surface area contributed by atoms with Gasteiger partial charge in [-0.1, -0.05) is 45.7 Å². The maximum Gasteiger partial charge on any atom is 0.380 e. The Balaban J connectivity index is 1.78. The highest BCUT2D eigenvalue weighted by atomic mass is 79.9. The molecule has 0 aliphatic carbocycles. The highest BCUT2D eigenvalue weighted by molar-refractivity contribution is 9.10. The second-order valence-corrected chi connectivity index (χ2v) is 6.21. The molecule has 0 bridgehead atoms. The molecule has 0 spiro atoms. The SMILES string of the molecule is O=C(OCc1ccccc1Cl)C(=O)c1c[nH]c2ccc(Br)cc12. The van der Waals surface area contributed by atoms with Crippen molar-refractivity contribution >= 4 is 50.2 Å². The molecule has 23 heavy (non-hydrogen) atoms. The molecule has 0 aliphatic heterocycles. The number of esters is 1. The maximum absolute atomic E-state index is 12.3. The molecule has 0 fully saturated rings. The van der Waals surface area contributed by atoms with E-state index >= 15 is 0 Å². The number of rotatable bonds is 4. The van der Waals surface area contributed by atoms with Gasteiger partial charge in [-0.15, -0.1) is 0 Å². The lowest BCUT2D eigenvalue weighted by molar-refractivity contribution is -0.139. The average molecular weight is 393 g/mol. The number of ketones is 1. The van der Waals surface area contributed by atoms with Gasteiger partial charge >= 0.3 is 5.97 Å². The summed E-state index contributed by atoms with van der Waals surface area (Å²) < 4.78 is 5.90. The van der Waals surface area contributed by atoms with Crippen molar-refractivity contribution in [2.24, 2.45) is 0 Å². The van der Waals surface area contributed by atoms with Crippen LogP contribution in [0.2, 0.25) is 5.02 Å². The van der Waals surface area contributed by atoms with Crippen molar-refractivity contribution in [2.45, 2.75) is 6.61 Å². The molecule has 6 heteroatoms. The zero-order chi connectivity index (χ0) is 16.4. The standard InChI is InChI=1S/C17H11BrClNO3/c18-11-5-6-15-12(7-11)13(8-20-15)16(21)17(22)23-9-10-3-1-2-4-14(10)19/h1-8,20H,9H2. The van der Waals surface area contributed by atoms with E-state index in [4.69, 9.17) is 16.3 Å².